The number of hydrogen-bond donors (Lipinski definition) is 3. The number of likely N-dealkylation sites (N-methyl/N-ethyl adjacent to an activating group) is 7. The van der Waals surface area contributed by atoms with E-state index >= 15 is 46.3 Å². The molecule has 12 atom stereocenters. The number of amides is 12. The van der Waals surface area contributed by atoms with Gasteiger partial charge in [-0.05, 0) is 120 Å². The van der Waals surface area contributed by atoms with Crippen LogP contribution in [-0.4, -0.2) is 295 Å². The van der Waals surface area contributed by atoms with Gasteiger partial charge in [-0.3, -0.25) is 57.5 Å². The Morgan fingerprint density at radius 3 is 1.83 bits per heavy atom. The molecule has 3 aliphatic heterocycles. The number of fused-ring (bicyclic) bond motifs is 3. The highest BCUT2D eigenvalue weighted by atomic mass is 19.4. The van der Waals surface area contributed by atoms with E-state index in [4.69, 9.17) is 4.74 Å². The fourth-order valence-corrected chi connectivity index (χ4v) is 17.2. The highest BCUT2D eigenvalue weighted by molar-refractivity contribution is 6.01. The maximum atomic E-state index is 15.8. The summed E-state index contributed by atoms with van der Waals surface area (Å²) >= 11 is 0. The molecular formula is C75H114F10N12O13. The minimum atomic E-state index is -5.26. The van der Waals surface area contributed by atoms with Gasteiger partial charge in [0, 0.05) is 95.3 Å². The molecule has 4 aliphatic carbocycles. The lowest BCUT2D eigenvalue weighted by Gasteiger charge is -2.50. The molecule has 6 fully saturated rings. The molecular weight excluding hydrogens is 1470 g/mol. The number of ether oxygens (including phenoxy) is 1. The molecule has 3 N–H and O–H groups in total. The normalized spacial score (nSPS) is 32.1. The molecule has 4 saturated carbocycles. The van der Waals surface area contributed by atoms with Crippen molar-refractivity contribution in [2.75, 3.05) is 89.2 Å². The van der Waals surface area contributed by atoms with Crippen molar-refractivity contribution in [3.05, 3.63) is 12.2 Å². The van der Waals surface area contributed by atoms with Gasteiger partial charge in [0.2, 0.25) is 70.9 Å². The van der Waals surface area contributed by atoms with E-state index < -0.39 is 262 Å². The van der Waals surface area contributed by atoms with Crippen LogP contribution in [0.1, 0.15) is 175 Å². The van der Waals surface area contributed by atoms with Crippen LogP contribution in [0.2, 0.25) is 0 Å². The highest BCUT2D eigenvalue weighted by Gasteiger charge is 2.65. The van der Waals surface area contributed by atoms with Crippen LogP contribution in [0.5, 0.6) is 0 Å². The molecule has 0 aromatic heterocycles. The average Bonchev–Trinajstić information content (AvgIpc) is 0.968. The summed E-state index contributed by atoms with van der Waals surface area (Å²) in [6.07, 6.45) is -17.4. The van der Waals surface area contributed by atoms with Crippen LogP contribution in [0, 0.1) is 35.5 Å². The van der Waals surface area contributed by atoms with Crippen LogP contribution >= 0.6 is 0 Å². The van der Waals surface area contributed by atoms with Crippen molar-refractivity contribution >= 4 is 70.9 Å². The van der Waals surface area contributed by atoms with E-state index in [-0.39, 0.29) is 70.9 Å². The van der Waals surface area contributed by atoms with Gasteiger partial charge in [-0.25, -0.2) is 17.6 Å². The maximum absolute atomic E-state index is 15.8. The zero-order chi connectivity index (χ0) is 82.0. The summed E-state index contributed by atoms with van der Waals surface area (Å²) in [5.41, 5.74) is -2.51. The summed E-state index contributed by atoms with van der Waals surface area (Å²) in [5.74, 6) is -22.5. The van der Waals surface area contributed by atoms with Gasteiger partial charge in [-0.2, -0.15) is 26.3 Å². The molecule has 0 radical (unpaired) electrons. The Hall–Kier alpha value is -7.36. The van der Waals surface area contributed by atoms with Gasteiger partial charge in [0.25, 0.3) is 5.92 Å². The number of rotatable bonds is 14. The van der Waals surface area contributed by atoms with Gasteiger partial charge in [-0.15, -0.1) is 0 Å². The highest BCUT2D eigenvalue weighted by Crippen LogP contribution is 2.49. The molecule has 0 aromatic rings. The van der Waals surface area contributed by atoms with Crippen molar-refractivity contribution in [2.24, 2.45) is 35.5 Å². The van der Waals surface area contributed by atoms with Gasteiger partial charge in [0.15, 0.2) is 0 Å². The van der Waals surface area contributed by atoms with Crippen molar-refractivity contribution in [1.82, 2.24) is 60.0 Å². The number of carbonyl (C=O) groups is 12. The minimum absolute atomic E-state index is 0.0202. The third kappa shape index (κ3) is 21.7. The summed E-state index contributed by atoms with van der Waals surface area (Å²) in [7, 11) is 10.2. The Balaban J connectivity index is 1.34. The van der Waals surface area contributed by atoms with Crippen molar-refractivity contribution < 1.29 is 106 Å². The molecule has 7 rings (SSSR count). The lowest BCUT2D eigenvalue weighted by Crippen LogP contribution is -2.72. The number of unbranched alkanes of at least 4 members (excludes halogenated alkanes) is 1. The second kappa shape index (κ2) is 38.0. The number of nitrogens with one attached hydrogen (secondary N) is 3. The van der Waals surface area contributed by atoms with Gasteiger partial charge in [0.1, 0.15) is 72.1 Å². The summed E-state index contributed by atoms with van der Waals surface area (Å²) in [6.45, 7) is 4.54. The first-order valence-electron chi connectivity index (χ1n) is 38.8. The zero-order valence-electron chi connectivity index (χ0n) is 65.4. The Morgan fingerprint density at radius 2 is 1.26 bits per heavy atom. The number of hydrogen-bond acceptors (Lipinski definition) is 13. The largest absolute Gasteiger partial charge is 0.397 e. The van der Waals surface area contributed by atoms with E-state index in [9.17, 15) is 55.1 Å². The molecule has 110 heavy (non-hydrogen) atoms. The molecule has 2 unspecified atom stereocenters. The molecule has 35 heteroatoms. The van der Waals surface area contributed by atoms with E-state index in [1.807, 2.05) is 6.92 Å². The molecule has 622 valence electrons. The van der Waals surface area contributed by atoms with Crippen LogP contribution in [0.25, 0.3) is 0 Å². The first-order chi connectivity index (χ1) is 51.4. The summed E-state index contributed by atoms with van der Waals surface area (Å²) < 4.78 is 153. The van der Waals surface area contributed by atoms with Crippen LogP contribution in [0.4, 0.5) is 43.9 Å². The molecule has 3 heterocycles. The molecule has 2 bridgehead atoms. The van der Waals surface area contributed by atoms with E-state index in [0.717, 1.165) is 46.2 Å². The predicted octanol–water partition coefficient (Wildman–Crippen LogP) is 6.74. The second-order valence-electron chi connectivity index (χ2n) is 32.0. The predicted molar refractivity (Wildman–Crippen MR) is 381 cm³/mol. The van der Waals surface area contributed by atoms with Gasteiger partial charge in [-0.1, -0.05) is 65.0 Å². The Morgan fingerprint density at radius 1 is 0.645 bits per heavy atom. The molecule has 1 spiro atoms. The van der Waals surface area contributed by atoms with Crippen LogP contribution in [-0.2, 0) is 62.3 Å². The molecule has 7 aliphatic rings. The van der Waals surface area contributed by atoms with Crippen LogP contribution in [0.15, 0.2) is 12.2 Å². The van der Waals surface area contributed by atoms with Crippen molar-refractivity contribution in [3.8, 4) is 0 Å². The van der Waals surface area contributed by atoms with Crippen molar-refractivity contribution in [3.63, 3.8) is 0 Å². The number of halogens is 10. The maximum Gasteiger partial charge on any atom is 0.397 e. The Labute approximate surface area is 637 Å². The standard InChI is InChI=1S/C75H114F10N12O13/c1-13-16-24-52-63(101)87-61(43(4)14-2)69(107)91(8)40-59(100)93(10)53-25-18-17-21-32-96(68(53)106)56(35-44-26-29-47(30-27-44)74(80,81)82)67(105)90(7)39-57(98)86-51(31-28-45-33-49(76)60(50(77)34-45)75(83,84)85)65(103)97-38-48(110-15-3)36-54(97)64(102)88-72(41-73(78,79)42-72)71(109)95(12)62(46-22-19-20-23-46)70(108)94(11)55(66(104)89(5)6)37-58(99)92(52)9/h17-18,43-56,60-62H,13-16,19-42H2,1-12H3,(H,86,98)(H,87,101)(H,88,102)/b18-17-/t43-,44?,45?,47?,48+,49?,50?,51-,52-,53-,54-,55-,56-,60?,61-,62-/m0/s1. The lowest BCUT2D eigenvalue weighted by molar-refractivity contribution is -0.219. The van der Waals surface area contributed by atoms with E-state index in [2.05, 4.69) is 16.0 Å². The molecule has 25 nitrogen and oxygen atoms in total. The Kier molecular flexibility index (Phi) is 31.0. The average molecular weight is 1580 g/mol. The third-order valence-corrected chi connectivity index (χ3v) is 24.0. The summed E-state index contributed by atoms with van der Waals surface area (Å²) in [6, 6.07) is -12.3. The molecule has 0 aromatic carbocycles. The molecule has 12 amide bonds. The Bertz CT molecular complexity index is 3300. The number of nitrogens with zero attached hydrogens (tertiary/aromatic N) is 9. The van der Waals surface area contributed by atoms with Crippen molar-refractivity contribution in [1.29, 1.82) is 0 Å². The number of alkyl halides is 10. The fraction of sp³-hybridized carbons (Fsp3) is 0.813. The van der Waals surface area contributed by atoms with Gasteiger partial charge < -0.3 is 64.8 Å². The third-order valence-electron chi connectivity index (χ3n) is 24.0. The molecule has 2 saturated heterocycles. The topological polar surface area (TPSA) is 279 Å². The SMILES string of the molecule is CCCC[C@H]1C(=O)N[C@@H]([C@@H](C)CC)C(=O)N(C)CC(=O)N(C)[C@H]2C/C=C\CCN(C2=O)[C@@H](CC2CCC(C(F)(F)F)CC2)C(=O)N(C)CC(=O)N[C@@H](CCC2CC(F)C(C(F)(F)F)C(F)C2)C(=O)N2C[C@H](OCC)C[C@H]2C(=O)NC2(CC(F)(F)C2)C(=O)N(C)[C@@H](C2CCCC2)C(=O)N(C)[C@H](C(=O)N(C)C)CC(=O)N1C. The van der Waals surface area contributed by atoms with E-state index in [1.54, 1.807) is 32.9 Å². The van der Waals surface area contributed by atoms with Crippen LogP contribution in [0.3, 0.4) is 0 Å². The summed E-state index contributed by atoms with van der Waals surface area (Å²) in [4.78, 5) is 190. The smallest absolute Gasteiger partial charge is 0.377 e. The summed E-state index contributed by atoms with van der Waals surface area (Å²) in [5, 5.41) is 7.86. The van der Waals surface area contributed by atoms with E-state index in [1.165, 1.54) is 54.2 Å². The number of carbonyl (C=O) groups excluding carboxylic acids is 12. The fourth-order valence-electron chi connectivity index (χ4n) is 17.2. The lowest BCUT2D eigenvalue weighted by atomic mass is 9.71. The first-order valence-corrected chi connectivity index (χ1v) is 38.8. The van der Waals surface area contributed by atoms with Crippen molar-refractivity contribution in [2.45, 2.75) is 266 Å². The van der Waals surface area contributed by atoms with Gasteiger partial charge >= 0.3 is 12.4 Å². The monoisotopic (exact) mass is 1580 g/mol. The second-order valence-corrected chi connectivity index (χ2v) is 32.0. The van der Waals surface area contributed by atoms with E-state index in [0.29, 0.717) is 44.9 Å². The first kappa shape index (κ1) is 89.8. The van der Waals surface area contributed by atoms with Gasteiger partial charge in [0.05, 0.1) is 31.5 Å². The zero-order valence-corrected chi connectivity index (χ0v) is 65.4. The quantitative estimate of drug-likeness (QED) is 0.120. The minimum Gasteiger partial charge on any atom is -0.377 e. The van der Waals surface area contributed by atoms with Crippen LogP contribution < -0.4 is 16.0 Å².